The first-order valence-electron chi connectivity index (χ1n) is 6.06. The molecule has 0 radical (unpaired) electrons. The van der Waals surface area contributed by atoms with Gasteiger partial charge in [-0.3, -0.25) is 9.69 Å². The average molecular weight is 211 g/mol. The molecule has 2 aliphatic rings. The van der Waals surface area contributed by atoms with Crippen LogP contribution in [0.25, 0.3) is 0 Å². The second-order valence-corrected chi connectivity index (χ2v) is 4.57. The molecule has 3 N–H and O–H groups in total. The summed E-state index contributed by atoms with van der Waals surface area (Å²) in [5, 5.41) is 2.89. The van der Waals surface area contributed by atoms with Gasteiger partial charge in [0.05, 0.1) is 0 Å². The van der Waals surface area contributed by atoms with Crippen LogP contribution in [0.15, 0.2) is 0 Å². The molecule has 1 saturated heterocycles. The predicted molar refractivity (Wildman–Crippen MR) is 59.4 cm³/mol. The fourth-order valence-electron chi connectivity index (χ4n) is 2.82. The Bertz CT molecular complexity index is 226. The van der Waals surface area contributed by atoms with Gasteiger partial charge in [-0.2, -0.15) is 0 Å². The molecule has 0 aromatic rings. The van der Waals surface area contributed by atoms with E-state index >= 15 is 0 Å². The molecule has 0 bridgehead atoms. The maximum Gasteiger partial charge on any atom is 0.238 e. The SMILES string of the molecule is NCC1C(=O)NCCN1C1CCCCC1. The van der Waals surface area contributed by atoms with Gasteiger partial charge in [0.2, 0.25) is 5.91 Å². The topological polar surface area (TPSA) is 58.4 Å². The van der Waals surface area contributed by atoms with Crippen LogP contribution in [0.5, 0.6) is 0 Å². The molecule has 0 spiro atoms. The van der Waals surface area contributed by atoms with Crippen LogP contribution in [0.2, 0.25) is 0 Å². The minimum absolute atomic E-state index is 0.0816. The lowest BCUT2D eigenvalue weighted by Crippen LogP contribution is -2.61. The smallest absolute Gasteiger partial charge is 0.238 e. The van der Waals surface area contributed by atoms with Crippen molar-refractivity contribution in [2.24, 2.45) is 5.73 Å². The zero-order valence-corrected chi connectivity index (χ0v) is 9.24. The van der Waals surface area contributed by atoms with E-state index in [1.54, 1.807) is 0 Å². The molecule has 15 heavy (non-hydrogen) atoms. The Morgan fingerprint density at radius 1 is 1.33 bits per heavy atom. The van der Waals surface area contributed by atoms with Crippen LogP contribution in [-0.4, -0.2) is 42.5 Å². The second kappa shape index (κ2) is 4.94. The van der Waals surface area contributed by atoms with E-state index in [4.69, 9.17) is 5.73 Å². The van der Waals surface area contributed by atoms with Crippen molar-refractivity contribution in [3.8, 4) is 0 Å². The van der Waals surface area contributed by atoms with E-state index in [-0.39, 0.29) is 11.9 Å². The zero-order chi connectivity index (χ0) is 10.7. The maximum absolute atomic E-state index is 11.6. The van der Waals surface area contributed by atoms with Gasteiger partial charge in [0.1, 0.15) is 6.04 Å². The highest BCUT2D eigenvalue weighted by molar-refractivity contribution is 5.82. The fraction of sp³-hybridized carbons (Fsp3) is 0.909. The van der Waals surface area contributed by atoms with Crippen LogP contribution in [0.3, 0.4) is 0 Å². The van der Waals surface area contributed by atoms with Gasteiger partial charge >= 0.3 is 0 Å². The summed E-state index contributed by atoms with van der Waals surface area (Å²) in [5.41, 5.74) is 5.69. The van der Waals surface area contributed by atoms with Gasteiger partial charge in [-0.15, -0.1) is 0 Å². The van der Waals surface area contributed by atoms with Crippen LogP contribution in [0.1, 0.15) is 32.1 Å². The number of piperazine rings is 1. The van der Waals surface area contributed by atoms with Gasteiger partial charge in [0.25, 0.3) is 0 Å². The van der Waals surface area contributed by atoms with Crippen LogP contribution in [-0.2, 0) is 4.79 Å². The molecule has 1 amide bonds. The second-order valence-electron chi connectivity index (χ2n) is 4.57. The van der Waals surface area contributed by atoms with Crippen molar-refractivity contribution in [3.05, 3.63) is 0 Å². The highest BCUT2D eigenvalue weighted by atomic mass is 16.2. The summed E-state index contributed by atoms with van der Waals surface area (Å²) in [6.07, 6.45) is 6.44. The first kappa shape index (κ1) is 10.9. The molecule has 1 saturated carbocycles. The summed E-state index contributed by atoms with van der Waals surface area (Å²) >= 11 is 0. The monoisotopic (exact) mass is 211 g/mol. The number of amides is 1. The normalized spacial score (nSPS) is 30.2. The summed E-state index contributed by atoms with van der Waals surface area (Å²) in [6.45, 7) is 2.20. The quantitative estimate of drug-likeness (QED) is 0.680. The number of hydrogen-bond acceptors (Lipinski definition) is 3. The zero-order valence-electron chi connectivity index (χ0n) is 9.24. The van der Waals surface area contributed by atoms with Gasteiger partial charge in [-0.1, -0.05) is 19.3 Å². The number of nitrogens with zero attached hydrogens (tertiary/aromatic N) is 1. The summed E-state index contributed by atoms with van der Waals surface area (Å²) in [7, 11) is 0. The fourth-order valence-corrected chi connectivity index (χ4v) is 2.82. The maximum atomic E-state index is 11.6. The molecule has 1 aliphatic carbocycles. The number of nitrogens with two attached hydrogens (primary N) is 1. The molecule has 1 heterocycles. The first-order valence-corrected chi connectivity index (χ1v) is 6.06. The van der Waals surface area contributed by atoms with Gasteiger partial charge in [-0.05, 0) is 12.8 Å². The third kappa shape index (κ3) is 2.32. The Balaban J connectivity index is 2.00. The molecule has 0 aromatic carbocycles. The molecule has 1 aliphatic heterocycles. The van der Waals surface area contributed by atoms with Crippen LogP contribution >= 0.6 is 0 Å². The molecular formula is C11H21N3O. The van der Waals surface area contributed by atoms with Crippen LogP contribution in [0.4, 0.5) is 0 Å². The van der Waals surface area contributed by atoms with Crippen molar-refractivity contribution in [1.29, 1.82) is 0 Å². The third-order valence-electron chi connectivity index (χ3n) is 3.64. The molecule has 4 heteroatoms. The predicted octanol–water partition coefficient (Wildman–Crippen LogP) is 0.0782. The van der Waals surface area contributed by atoms with Crippen molar-refractivity contribution in [1.82, 2.24) is 10.2 Å². The highest BCUT2D eigenvalue weighted by Crippen LogP contribution is 2.24. The number of rotatable bonds is 2. The van der Waals surface area contributed by atoms with Crippen molar-refractivity contribution in [3.63, 3.8) is 0 Å². The van der Waals surface area contributed by atoms with Crippen molar-refractivity contribution in [2.45, 2.75) is 44.2 Å². The van der Waals surface area contributed by atoms with E-state index in [1.807, 2.05) is 0 Å². The summed E-state index contributed by atoms with van der Waals surface area (Å²) in [5.74, 6) is 0.120. The Kier molecular flexibility index (Phi) is 3.59. The Morgan fingerprint density at radius 3 is 2.73 bits per heavy atom. The van der Waals surface area contributed by atoms with E-state index in [0.717, 1.165) is 13.1 Å². The van der Waals surface area contributed by atoms with Crippen LogP contribution < -0.4 is 11.1 Å². The lowest BCUT2D eigenvalue weighted by molar-refractivity contribution is -0.130. The number of carbonyl (C=O) groups excluding carboxylic acids is 1. The minimum atomic E-state index is -0.0816. The Morgan fingerprint density at radius 2 is 2.07 bits per heavy atom. The lowest BCUT2D eigenvalue weighted by Gasteiger charge is -2.41. The standard InChI is InChI=1S/C11H21N3O/c12-8-10-11(15)13-6-7-14(10)9-4-2-1-3-5-9/h9-10H,1-8,12H2,(H,13,15). The first-order chi connectivity index (χ1) is 7.33. The lowest BCUT2D eigenvalue weighted by atomic mass is 9.92. The van der Waals surface area contributed by atoms with Gasteiger partial charge < -0.3 is 11.1 Å². The molecule has 0 aromatic heterocycles. The summed E-state index contributed by atoms with van der Waals surface area (Å²) in [6, 6.07) is 0.514. The van der Waals surface area contributed by atoms with Crippen LogP contribution in [0, 0.1) is 0 Å². The van der Waals surface area contributed by atoms with E-state index in [0.29, 0.717) is 12.6 Å². The van der Waals surface area contributed by atoms with E-state index < -0.39 is 0 Å². The molecule has 4 nitrogen and oxygen atoms in total. The highest BCUT2D eigenvalue weighted by Gasteiger charge is 2.33. The van der Waals surface area contributed by atoms with Gasteiger partial charge in [0, 0.05) is 25.7 Å². The molecule has 2 rings (SSSR count). The average Bonchev–Trinajstić information content (AvgIpc) is 2.30. The summed E-state index contributed by atoms with van der Waals surface area (Å²) < 4.78 is 0. The van der Waals surface area contributed by atoms with Crippen molar-refractivity contribution < 1.29 is 4.79 Å². The molecular weight excluding hydrogens is 190 g/mol. The molecule has 86 valence electrons. The number of hydrogen-bond donors (Lipinski definition) is 2. The van der Waals surface area contributed by atoms with Crippen molar-refractivity contribution in [2.75, 3.05) is 19.6 Å². The Hall–Kier alpha value is -0.610. The van der Waals surface area contributed by atoms with Gasteiger partial charge in [-0.25, -0.2) is 0 Å². The minimum Gasteiger partial charge on any atom is -0.353 e. The van der Waals surface area contributed by atoms with Gasteiger partial charge in [0.15, 0.2) is 0 Å². The van der Waals surface area contributed by atoms with E-state index in [2.05, 4.69) is 10.2 Å². The van der Waals surface area contributed by atoms with E-state index in [9.17, 15) is 4.79 Å². The van der Waals surface area contributed by atoms with E-state index in [1.165, 1.54) is 32.1 Å². The van der Waals surface area contributed by atoms with Crippen molar-refractivity contribution >= 4 is 5.91 Å². The largest absolute Gasteiger partial charge is 0.353 e. The molecule has 1 atom stereocenters. The number of nitrogens with one attached hydrogen (secondary N) is 1. The molecule has 1 unspecified atom stereocenters. The third-order valence-corrected chi connectivity index (χ3v) is 3.64. The number of carbonyl (C=O) groups is 1. The Labute approximate surface area is 91.2 Å². The molecule has 2 fully saturated rings. The summed E-state index contributed by atoms with van der Waals surface area (Å²) in [4.78, 5) is 14.0.